The summed E-state index contributed by atoms with van der Waals surface area (Å²) >= 11 is 0. The molecule has 20 heavy (non-hydrogen) atoms. The van der Waals surface area contributed by atoms with Crippen molar-refractivity contribution in [3.63, 3.8) is 0 Å². The van der Waals surface area contributed by atoms with Gasteiger partial charge in [-0.05, 0) is 24.1 Å². The highest BCUT2D eigenvalue weighted by Crippen LogP contribution is 2.18. The lowest BCUT2D eigenvalue weighted by molar-refractivity contribution is 0.0696. The van der Waals surface area contributed by atoms with Crippen molar-refractivity contribution in [1.82, 2.24) is 15.0 Å². The van der Waals surface area contributed by atoms with Gasteiger partial charge in [-0.1, -0.05) is 13.8 Å². The fourth-order valence-corrected chi connectivity index (χ4v) is 1.67. The number of nitrogens with one attached hydrogen (secondary N) is 1. The Morgan fingerprint density at radius 3 is 2.80 bits per heavy atom. The molecule has 2 aromatic rings. The topological polar surface area (TPSA) is 88.0 Å². The van der Waals surface area contributed by atoms with Crippen LogP contribution in [-0.2, 0) is 6.54 Å². The Bertz CT molecular complexity index is 599. The first-order chi connectivity index (χ1) is 9.56. The zero-order valence-corrected chi connectivity index (χ0v) is 11.4. The number of hydrogen-bond donors (Lipinski definition) is 2. The number of carbonyl (C=O) groups is 1. The summed E-state index contributed by atoms with van der Waals surface area (Å²) in [4.78, 5) is 23.5. The number of carboxylic acid groups (broad SMARTS) is 1. The van der Waals surface area contributed by atoms with Crippen LogP contribution in [0.2, 0.25) is 0 Å². The van der Waals surface area contributed by atoms with E-state index in [9.17, 15) is 4.79 Å². The number of rotatable bonds is 5. The van der Waals surface area contributed by atoms with Crippen LogP contribution in [-0.4, -0.2) is 26.0 Å². The highest BCUT2D eigenvalue weighted by atomic mass is 16.4. The molecule has 0 saturated carbocycles. The van der Waals surface area contributed by atoms with Gasteiger partial charge in [0.15, 0.2) is 0 Å². The van der Waals surface area contributed by atoms with Crippen LogP contribution in [0.4, 0.5) is 5.82 Å². The highest BCUT2D eigenvalue weighted by molar-refractivity contribution is 5.88. The van der Waals surface area contributed by atoms with Crippen molar-refractivity contribution in [2.24, 2.45) is 0 Å². The van der Waals surface area contributed by atoms with Crippen LogP contribution in [0.25, 0.3) is 0 Å². The van der Waals surface area contributed by atoms with Gasteiger partial charge in [-0.15, -0.1) is 0 Å². The van der Waals surface area contributed by atoms with Crippen molar-refractivity contribution >= 4 is 11.8 Å². The van der Waals surface area contributed by atoms with Gasteiger partial charge in [0.25, 0.3) is 0 Å². The molecule has 0 amide bonds. The van der Waals surface area contributed by atoms with Gasteiger partial charge in [-0.2, -0.15) is 0 Å². The molecule has 0 aliphatic rings. The Kier molecular flexibility index (Phi) is 4.24. The van der Waals surface area contributed by atoms with Crippen LogP contribution in [0, 0.1) is 0 Å². The molecular weight excluding hydrogens is 256 g/mol. The van der Waals surface area contributed by atoms with Gasteiger partial charge in [0, 0.05) is 11.9 Å². The first kappa shape index (κ1) is 13.9. The first-order valence-electron chi connectivity index (χ1n) is 6.30. The first-order valence-corrected chi connectivity index (χ1v) is 6.30. The Labute approximate surface area is 116 Å². The van der Waals surface area contributed by atoms with E-state index in [1.807, 2.05) is 13.8 Å². The van der Waals surface area contributed by atoms with Gasteiger partial charge in [0.2, 0.25) is 0 Å². The molecule has 6 nitrogen and oxygen atoms in total. The second kappa shape index (κ2) is 6.10. The van der Waals surface area contributed by atoms with Crippen LogP contribution >= 0.6 is 0 Å². The number of hydrogen-bond acceptors (Lipinski definition) is 5. The largest absolute Gasteiger partial charge is 0.478 e. The lowest BCUT2D eigenvalue weighted by Gasteiger charge is -2.11. The van der Waals surface area contributed by atoms with E-state index in [0.29, 0.717) is 12.4 Å². The van der Waals surface area contributed by atoms with E-state index in [-0.39, 0.29) is 11.5 Å². The average Bonchev–Trinajstić information content (AvgIpc) is 2.45. The minimum atomic E-state index is -0.959. The van der Waals surface area contributed by atoms with Gasteiger partial charge in [0.05, 0.1) is 17.8 Å². The SMILES string of the molecule is CC(C)c1cc(C(=O)O)cc(NCc2ccncn2)n1. The summed E-state index contributed by atoms with van der Waals surface area (Å²) in [5.41, 5.74) is 1.79. The zero-order chi connectivity index (χ0) is 14.5. The fraction of sp³-hybridized carbons (Fsp3) is 0.286. The van der Waals surface area contributed by atoms with Crippen molar-refractivity contribution in [3.05, 3.63) is 47.7 Å². The van der Waals surface area contributed by atoms with E-state index in [1.54, 1.807) is 18.3 Å². The summed E-state index contributed by atoms with van der Waals surface area (Å²) in [6.45, 7) is 4.42. The number of aromatic nitrogens is 3. The second-order valence-electron chi connectivity index (χ2n) is 4.68. The molecule has 0 atom stereocenters. The quantitative estimate of drug-likeness (QED) is 0.868. The molecule has 0 spiro atoms. The maximum absolute atomic E-state index is 11.1. The maximum Gasteiger partial charge on any atom is 0.335 e. The van der Waals surface area contributed by atoms with E-state index in [1.165, 1.54) is 12.4 Å². The Morgan fingerprint density at radius 1 is 1.40 bits per heavy atom. The minimum Gasteiger partial charge on any atom is -0.478 e. The van der Waals surface area contributed by atoms with Crippen molar-refractivity contribution in [2.75, 3.05) is 5.32 Å². The third-order valence-electron chi connectivity index (χ3n) is 2.78. The third kappa shape index (κ3) is 3.50. The van der Waals surface area contributed by atoms with Gasteiger partial charge < -0.3 is 10.4 Å². The predicted molar refractivity (Wildman–Crippen MR) is 74.6 cm³/mol. The smallest absolute Gasteiger partial charge is 0.335 e. The molecular formula is C14H16N4O2. The van der Waals surface area contributed by atoms with Crippen LogP contribution in [0.15, 0.2) is 30.7 Å². The summed E-state index contributed by atoms with van der Waals surface area (Å²) < 4.78 is 0. The third-order valence-corrected chi connectivity index (χ3v) is 2.78. The Hall–Kier alpha value is -2.50. The molecule has 2 heterocycles. The lowest BCUT2D eigenvalue weighted by Crippen LogP contribution is -2.08. The summed E-state index contributed by atoms with van der Waals surface area (Å²) in [5, 5.41) is 12.2. The van der Waals surface area contributed by atoms with Gasteiger partial charge in [0.1, 0.15) is 12.1 Å². The number of carboxylic acids is 1. The molecule has 6 heteroatoms. The van der Waals surface area contributed by atoms with Crippen molar-refractivity contribution in [1.29, 1.82) is 0 Å². The van der Waals surface area contributed by atoms with E-state index in [0.717, 1.165) is 11.4 Å². The molecule has 2 N–H and O–H groups in total. The molecule has 0 radical (unpaired) electrons. The number of nitrogens with zero attached hydrogens (tertiary/aromatic N) is 3. The monoisotopic (exact) mass is 272 g/mol. The molecule has 0 aromatic carbocycles. The van der Waals surface area contributed by atoms with Crippen LogP contribution in [0.1, 0.15) is 41.5 Å². The van der Waals surface area contributed by atoms with Gasteiger partial charge >= 0.3 is 5.97 Å². The normalized spacial score (nSPS) is 10.6. The zero-order valence-electron chi connectivity index (χ0n) is 11.4. The maximum atomic E-state index is 11.1. The average molecular weight is 272 g/mol. The van der Waals surface area contributed by atoms with E-state index in [4.69, 9.17) is 5.11 Å². The molecule has 0 unspecified atom stereocenters. The Balaban J connectivity index is 2.20. The van der Waals surface area contributed by atoms with Crippen LogP contribution in [0.3, 0.4) is 0 Å². The van der Waals surface area contributed by atoms with Crippen molar-refractivity contribution in [2.45, 2.75) is 26.3 Å². The van der Waals surface area contributed by atoms with Crippen LogP contribution < -0.4 is 5.32 Å². The van der Waals surface area contributed by atoms with Crippen LogP contribution in [0.5, 0.6) is 0 Å². The summed E-state index contributed by atoms with van der Waals surface area (Å²) in [6.07, 6.45) is 3.13. The number of pyridine rings is 1. The Morgan fingerprint density at radius 2 is 2.20 bits per heavy atom. The van der Waals surface area contributed by atoms with Crippen molar-refractivity contribution in [3.8, 4) is 0 Å². The van der Waals surface area contributed by atoms with E-state index in [2.05, 4.69) is 20.3 Å². The van der Waals surface area contributed by atoms with E-state index < -0.39 is 5.97 Å². The molecule has 104 valence electrons. The van der Waals surface area contributed by atoms with Gasteiger partial charge in [-0.3, -0.25) is 0 Å². The summed E-state index contributed by atoms with van der Waals surface area (Å²) in [6, 6.07) is 4.91. The molecule has 2 aromatic heterocycles. The molecule has 0 aliphatic heterocycles. The molecule has 0 saturated heterocycles. The van der Waals surface area contributed by atoms with Gasteiger partial charge in [-0.25, -0.2) is 19.7 Å². The molecule has 2 rings (SSSR count). The minimum absolute atomic E-state index is 0.161. The molecule has 0 aliphatic carbocycles. The van der Waals surface area contributed by atoms with Crippen molar-refractivity contribution < 1.29 is 9.90 Å². The summed E-state index contributed by atoms with van der Waals surface area (Å²) in [7, 11) is 0. The number of anilines is 1. The standard InChI is InChI=1S/C14H16N4O2/c1-9(2)12-5-10(14(19)20)6-13(18-12)16-7-11-3-4-15-8-17-11/h3-6,8-9H,7H2,1-2H3,(H,16,18)(H,19,20). The molecule has 0 bridgehead atoms. The fourth-order valence-electron chi connectivity index (χ4n) is 1.67. The lowest BCUT2D eigenvalue weighted by atomic mass is 10.1. The number of aromatic carboxylic acids is 1. The molecule has 0 fully saturated rings. The predicted octanol–water partition coefficient (Wildman–Crippen LogP) is 2.31. The summed E-state index contributed by atoms with van der Waals surface area (Å²) in [5.74, 6) is -0.263. The second-order valence-corrected chi connectivity index (χ2v) is 4.68. The van der Waals surface area contributed by atoms with E-state index >= 15 is 0 Å². The highest BCUT2D eigenvalue weighted by Gasteiger charge is 2.10.